The number of aromatic nitrogens is 2. The summed E-state index contributed by atoms with van der Waals surface area (Å²) in [6, 6.07) is 13.5. The lowest BCUT2D eigenvalue weighted by atomic mass is 9.89. The topological polar surface area (TPSA) is 75.3 Å². The minimum Gasteiger partial charge on any atom is -0.530 e. The Bertz CT molecular complexity index is 981. The van der Waals surface area contributed by atoms with Crippen molar-refractivity contribution in [1.29, 1.82) is 0 Å². The molecule has 7 heteroatoms. The van der Waals surface area contributed by atoms with Gasteiger partial charge in [-0.3, -0.25) is 4.90 Å². The number of amides is 1. The van der Waals surface area contributed by atoms with Crippen LogP contribution in [0.2, 0.25) is 0 Å². The normalized spacial score (nSPS) is 15.1. The predicted octanol–water partition coefficient (Wildman–Crippen LogP) is 3.26. The van der Waals surface area contributed by atoms with E-state index in [9.17, 15) is 14.3 Å². The van der Waals surface area contributed by atoms with Gasteiger partial charge >= 0.3 is 0 Å². The molecule has 1 saturated heterocycles. The van der Waals surface area contributed by atoms with Crippen LogP contribution in [0.15, 0.2) is 42.5 Å². The molecular formula is C21H22FN4O2-. The van der Waals surface area contributed by atoms with Gasteiger partial charge in [0, 0.05) is 25.7 Å². The fourth-order valence-corrected chi connectivity index (χ4v) is 3.92. The van der Waals surface area contributed by atoms with Crippen LogP contribution < -0.4 is 14.9 Å². The van der Waals surface area contributed by atoms with Crippen LogP contribution in [0.4, 0.5) is 20.8 Å². The van der Waals surface area contributed by atoms with Crippen LogP contribution >= 0.6 is 0 Å². The van der Waals surface area contributed by atoms with Gasteiger partial charge in [-0.2, -0.15) is 0 Å². The number of benzene rings is 2. The van der Waals surface area contributed by atoms with E-state index in [-0.39, 0.29) is 18.3 Å². The maximum Gasteiger partial charge on any atom is 0.209 e. The van der Waals surface area contributed by atoms with Crippen molar-refractivity contribution in [1.82, 2.24) is 9.97 Å². The first-order chi connectivity index (χ1) is 13.6. The molecule has 2 heterocycles. The second-order valence-corrected chi connectivity index (χ2v) is 7.06. The summed E-state index contributed by atoms with van der Waals surface area (Å²) in [5, 5.41) is 11.2. The lowest BCUT2D eigenvalue weighted by Crippen LogP contribution is -2.41. The second kappa shape index (κ2) is 7.50. The minimum absolute atomic E-state index is 0.150. The summed E-state index contributed by atoms with van der Waals surface area (Å²) in [6.07, 6.45) is 0.577. The third-order valence-electron chi connectivity index (χ3n) is 5.44. The maximum absolute atomic E-state index is 14.7. The van der Waals surface area contributed by atoms with E-state index in [1.807, 2.05) is 11.0 Å². The molecule has 1 fully saturated rings. The number of rotatable bonds is 4. The van der Waals surface area contributed by atoms with Gasteiger partial charge < -0.3 is 19.8 Å². The number of nitrogens with one attached hydrogen (secondary N) is 1. The standard InChI is InChI=1S/C21H23FN4O2/c1-2-26(21(27)28)20-23-17-12-16(22)19(13-18(17)24-20)25-10-8-15(9-11-25)14-6-4-3-5-7-14/h3-7,12-13,15H,2,8-11H2,1H3,(H,23,24)(H,27,28)/p-1. The monoisotopic (exact) mass is 381 g/mol. The number of hydrogen-bond acceptors (Lipinski definition) is 4. The van der Waals surface area contributed by atoms with Crippen molar-refractivity contribution >= 4 is 28.8 Å². The van der Waals surface area contributed by atoms with E-state index in [0.29, 0.717) is 22.6 Å². The third-order valence-corrected chi connectivity index (χ3v) is 5.44. The number of H-pyrrole nitrogens is 1. The van der Waals surface area contributed by atoms with Gasteiger partial charge in [-0.1, -0.05) is 30.3 Å². The van der Waals surface area contributed by atoms with Crippen LogP contribution in [0.3, 0.4) is 0 Å². The number of carbonyl (C=O) groups is 1. The van der Waals surface area contributed by atoms with Crippen molar-refractivity contribution < 1.29 is 14.3 Å². The van der Waals surface area contributed by atoms with Crippen LogP contribution in [-0.2, 0) is 0 Å². The van der Waals surface area contributed by atoms with Gasteiger partial charge in [-0.15, -0.1) is 0 Å². The van der Waals surface area contributed by atoms with Gasteiger partial charge in [0.25, 0.3) is 0 Å². The fraction of sp³-hybridized carbons (Fsp3) is 0.333. The van der Waals surface area contributed by atoms with Gasteiger partial charge in [0.2, 0.25) is 5.95 Å². The van der Waals surface area contributed by atoms with E-state index in [2.05, 4.69) is 34.2 Å². The highest BCUT2D eigenvalue weighted by Crippen LogP contribution is 2.33. The molecule has 0 saturated carbocycles. The summed E-state index contributed by atoms with van der Waals surface area (Å²) in [7, 11) is 0. The highest BCUT2D eigenvalue weighted by molar-refractivity contribution is 5.87. The van der Waals surface area contributed by atoms with Crippen LogP contribution in [0.1, 0.15) is 31.2 Å². The smallest absolute Gasteiger partial charge is 0.209 e. The molecule has 1 amide bonds. The number of hydrogen-bond donors (Lipinski definition) is 1. The van der Waals surface area contributed by atoms with Crippen molar-refractivity contribution in [3.63, 3.8) is 0 Å². The first-order valence-corrected chi connectivity index (χ1v) is 9.54. The zero-order valence-corrected chi connectivity index (χ0v) is 15.7. The van der Waals surface area contributed by atoms with Gasteiger partial charge in [-0.05, 0) is 37.3 Å². The summed E-state index contributed by atoms with van der Waals surface area (Å²) < 4.78 is 14.7. The number of anilines is 2. The number of halogens is 1. The van der Waals surface area contributed by atoms with Crippen LogP contribution in [-0.4, -0.2) is 35.7 Å². The number of imidazole rings is 1. The second-order valence-electron chi connectivity index (χ2n) is 7.06. The lowest BCUT2D eigenvalue weighted by Gasteiger charge is -2.34. The minimum atomic E-state index is -1.34. The number of carboxylic acid groups (broad SMARTS) is 1. The molecule has 4 rings (SSSR count). The number of piperidine rings is 1. The lowest BCUT2D eigenvalue weighted by molar-refractivity contribution is -0.246. The Labute approximate surface area is 162 Å². The zero-order valence-electron chi connectivity index (χ0n) is 15.7. The number of fused-ring (bicyclic) bond motifs is 1. The molecule has 146 valence electrons. The van der Waals surface area contributed by atoms with Crippen molar-refractivity contribution in [3.05, 3.63) is 53.8 Å². The predicted molar refractivity (Wildman–Crippen MR) is 105 cm³/mol. The quantitative estimate of drug-likeness (QED) is 0.753. The van der Waals surface area contributed by atoms with E-state index in [1.54, 1.807) is 13.0 Å². The summed E-state index contributed by atoms with van der Waals surface area (Å²) in [5.41, 5.74) is 2.84. The molecule has 3 aromatic rings. The zero-order chi connectivity index (χ0) is 19.7. The van der Waals surface area contributed by atoms with E-state index in [4.69, 9.17) is 0 Å². The SMILES string of the molecule is CCN(C(=O)[O-])c1nc2cc(N3CCC(c4ccccc4)CC3)c(F)cc2[nH]1. The molecule has 0 atom stereocenters. The Hall–Kier alpha value is -3.09. The molecule has 1 aliphatic heterocycles. The number of carbonyl (C=O) groups excluding carboxylic acids is 1. The van der Waals surface area contributed by atoms with E-state index < -0.39 is 6.09 Å². The number of nitrogens with zero attached hydrogens (tertiary/aromatic N) is 3. The largest absolute Gasteiger partial charge is 0.530 e. The Balaban J connectivity index is 1.56. The molecule has 2 aromatic carbocycles. The molecule has 28 heavy (non-hydrogen) atoms. The van der Waals surface area contributed by atoms with Gasteiger partial charge in [-0.25, -0.2) is 9.37 Å². The van der Waals surface area contributed by atoms with Crippen molar-refractivity contribution in [3.8, 4) is 0 Å². The third kappa shape index (κ3) is 3.40. The van der Waals surface area contributed by atoms with Crippen LogP contribution in [0, 0.1) is 5.82 Å². The first-order valence-electron chi connectivity index (χ1n) is 9.54. The molecule has 0 unspecified atom stereocenters. The van der Waals surface area contributed by atoms with E-state index in [1.165, 1.54) is 11.6 Å². The van der Waals surface area contributed by atoms with Crippen LogP contribution in [0.25, 0.3) is 11.0 Å². The molecule has 0 radical (unpaired) electrons. The van der Waals surface area contributed by atoms with Crippen LogP contribution in [0.5, 0.6) is 0 Å². The molecule has 0 bridgehead atoms. The summed E-state index contributed by atoms with van der Waals surface area (Å²) in [6.45, 7) is 3.41. The molecule has 1 aromatic heterocycles. The van der Waals surface area contributed by atoms with Crippen molar-refractivity contribution in [2.75, 3.05) is 29.4 Å². The van der Waals surface area contributed by atoms with Gasteiger partial charge in [0.15, 0.2) is 0 Å². The van der Waals surface area contributed by atoms with Crippen molar-refractivity contribution in [2.45, 2.75) is 25.7 Å². The first kappa shape index (κ1) is 18.3. The summed E-state index contributed by atoms with van der Waals surface area (Å²) >= 11 is 0. The average molecular weight is 381 g/mol. The Morgan fingerprint density at radius 3 is 2.64 bits per heavy atom. The molecule has 6 nitrogen and oxygen atoms in total. The number of aromatic amines is 1. The molecule has 0 spiro atoms. The summed E-state index contributed by atoms with van der Waals surface area (Å²) in [5.74, 6) is 0.302. The molecule has 0 aliphatic carbocycles. The van der Waals surface area contributed by atoms with Crippen molar-refractivity contribution in [2.24, 2.45) is 0 Å². The highest BCUT2D eigenvalue weighted by Gasteiger charge is 2.23. The van der Waals surface area contributed by atoms with E-state index in [0.717, 1.165) is 30.8 Å². The Morgan fingerprint density at radius 2 is 2.00 bits per heavy atom. The summed E-state index contributed by atoms with van der Waals surface area (Å²) in [4.78, 5) is 21.4. The average Bonchev–Trinajstić information content (AvgIpc) is 3.10. The highest BCUT2D eigenvalue weighted by atomic mass is 19.1. The molecule has 1 aliphatic rings. The maximum atomic E-state index is 14.7. The molecule has 1 N–H and O–H groups in total. The Kier molecular flexibility index (Phi) is 4.90. The fourth-order valence-electron chi connectivity index (χ4n) is 3.92. The van der Waals surface area contributed by atoms with E-state index >= 15 is 0 Å². The molecular weight excluding hydrogens is 359 g/mol. The van der Waals surface area contributed by atoms with Gasteiger partial charge in [0.05, 0.1) is 16.7 Å². The Morgan fingerprint density at radius 1 is 1.29 bits per heavy atom. The van der Waals surface area contributed by atoms with Gasteiger partial charge in [0.1, 0.15) is 11.9 Å².